The van der Waals surface area contributed by atoms with Crippen LogP contribution in [0, 0.1) is 25.1 Å². The molecule has 1 aromatic heterocycles. The van der Waals surface area contributed by atoms with Gasteiger partial charge in [0.25, 0.3) is 5.92 Å². The van der Waals surface area contributed by atoms with Crippen molar-refractivity contribution in [3.05, 3.63) is 76.9 Å². The Bertz CT molecular complexity index is 1480. The molecular formula is C34H39F3N2O4. The molecule has 6 nitrogen and oxygen atoms in total. The van der Waals surface area contributed by atoms with Gasteiger partial charge in [-0.15, -0.1) is 0 Å². The summed E-state index contributed by atoms with van der Waals surface area (Å²) >= 11 is 0. The molecular weight excluding hydrogens is 557 g/mol. The van der Waals surface area contributed by atoms with Crippen molar-refractivity contribution in [3.63, 3.8) is 0 Å². The molecule has 3 aromatic rings. The summed E-state index contributed by atoms with van der Waals surface area (Å²) in [6.45, 7) is 10.2. The van der Waals surface area contributed by atoms with Gasteiger partial charge in [-0.25, -0.2) is 18.0 Å². The fraction of sp³-hybridized carbons (Fsp3) is 0.471. The zero-order valence-corrected chi connectivity index (χ0v) is 25.3. The minimum atomic E-state index is -2.64. The van der Waals surface area contributed by atoms with Gasteiger partial charge in [0.15, 0.2) is 6.10 Å². The van der Waals surface area contributed by atoms with E-state index in [1.54, 1.807) is 39.8 Å². The number of carboxylic acids is 1. The Morgan fingerprint density at radius 1 is 1.02 bits per heavy atom. The van der Waals surface area contributed by atoms with Gasteiger partial charge in [0.05, 0.1) is 17.9 Å². The Kier molecular flexibility index (Phi) is 8.24. The van der Waals surface area contributed by atoms with Crippen LogP contribution < -0.4 is 9.64 Å². The molecule has 1 aliphatic heterocycles. The number of halogens is 3. The molecule has 1 saturated heterocycles. The number of hydrogen-bond donors (Lipinski definition) is 1. The van der Waals surface area contributed by atoms with Gasteiger partial charge in [-0.1, -0.05) is 24.3 Å². The molecule has 2 fully saturated rings. The van der Waals surface area contributed by atoms with Crippen molar-refractivity contribution in [3.8, 4) is 16.9 Å². The zero-order chi connectivity index (χ0) is 31.2. The first-order valence-electron chi connectivity index (χ1n) is 14.7. The van der Waals surface area contributed by atoms with Gasteiger partial charge in [0.1, 0.15) is 11.6 Å². The van der Waals surface area contributed by atoms with E-state index in [0.29, 0.717) is 67.3 Å². The van der Waals surface area contributed by atoms with Crippen molar-refractivity contribution in [1.29, 1.82) is 0 Å². The zero-order valence-electron chi connectivity index (χ0n) is 25.3. The molecule has 1 N–H and O–H groups in total. The molecule has 1 aliphatic carbocycles. The minimum absolute atomic E-state index is 0.0878. The molecule has 1 spiro atoms. The molecule has 9 heteroatoms. The lowest BCUT2D eigenvalue weighted by Crippen LogP contribution is -2.39. The highest BCUT2D eigenvalue weighted by atomic mass is 19.3. The number of hydrogen-bond acceptors (Lipinski definition) is 5. The highest BCUT2D eigenvalue weighted by molar-refractivity contribution is 5.88. The lowest BCUT2D eigenvalue weighted by molar-refractivity contribution is -0.160. The Hall–Kier alpha value is -3.59. The van der Waals surface area contributed by atoms with E-state index in [9.17, 15) is 23.1 Å². The fourth-order valence-corrected chi connectivity index (χ4v) is 6.16. The topological polar surface area (TPSA) is 71.9 Å². The SMILES string of the molecule is Cc1nc(C)c([C@H](OC(C)(C)C)C(=O)O)c(N2CCC3(CC2)CC3(F)F)c1-c1ccc(OCCc2ccc(F)cc2)cc1. The summed E-state index contributed by atoms with van der Waals surface area (Å²) in [6.07, 6.45) is -0.101. The van der Waals surface area contributed by atoms with Crippen LogP contribution in [0.25, 0.3) is 11.1 Å². The summed E-state index contributed by atoms with van der Waals surface area (Å²) in [6, 6.07) is 13.8. The molecule has 2 aliphatic rings. The van der Waals surface area contributed by atoms with Crippen molar-refractivity contribution < 1.29 is 32.5 Å². The van der Waals surface area contributed by atoms with Crippen molar-refractivity contribution >= 4 is 11.7 Å². The van der Waals surface area contributed by atoms with Crippen LogP contribution in [-0.2, 0) is 16.0 Å². The van der Waals surface area contributed by atoms with Crippen LogP contribution in [0.15, 0.2) is 48.5 Å². The number of aliphatic carboxylic acids is 1. The summed E-state index contributed by atoms with van der Waals surface area (Å²) < 4.78 is 53.7. The van der Waals surface area contributed by atoms with E-state index in [-0.39, 0.29) is 12.2 Å². The van der Waals surface area contributed by atoms with Crippen LogP contribution in [0.3, 0.4) is 0 Å². The number of pyridine rings is 1. The number of benzene rings is 2. The smallest absolute Gasteiger partial charge is 0.337 e. The van der Waals surface area contributed by atoms with Crippen molar-refractivity contribution in [2.24, 2.45) is 5.41 Å². The number of ether oxygens (including phenoxy) is 2. The summed E-state index contributed by atoms with van der Waals surface area (Å²) in [7, 11) is 0. The van der Waals surface area contributed by atoms with Crippen LogP contribution in [0.2, 0.25) is 0 Å². The van der Waals surface area contributed by atoms with Gasteiger partial charge >= 0.3 is 5.97 Å². The molecule has 2 heterocycles. The maximum absolute atomic E-state index is 14.3. The third kappa shape index (κ3) is 6.51. The van der Waals surface area contributed by atoms with Gasteiger partial charge in [0.2, 0.25) is 0 Å². The van der Waals surface area contributed by atoms with Crippen LogP contribution in [0.5, 0.6) is 5.75 Å². The Morgan fingerprint density at radius 2 is 1.63 bits per heavy atom. The van der Waals surface area contributed by atoms with Crippen LogP contribution >= 0.6 is 0 Å². The molecule has 5 rings (SSSR count). The lowest BCUT2D eigenvalue weighted by atomic mass is 9.89. The Labute approximate surface area is 250 Å². The van der Waals surface area contributed by atoms with Gasteiger partial charge in [0, 0.05) is 53.9 Å². The number of carbonyl (C=O) groups is 1. The predicted octanol–water partition coefficient (Wildman–Crippen LogP) is 7.69. The van der Waals surface area contributed by atoms with Crippen LogP contribution in [0.1, 0.15) is 68.7 Å². The first kappa shape index (κ1) is 30.9. The molecule has 2 aromatic carbocycles. The Balaban J connectivity index is 1.49. The summed E-state index contributed by atoms with van der Waals surface area (Å²) in [5.74, 6) is -3.40. The maximum atomic E-state index is 14.3. The summed E-state index contributed by atoms with van der Waals surface area (Å²) in [5.41, 5.74) is 3.17. The monoisotopic (exact) mass is 596 g/mol. The van der Waals surface area contributed by atoms with E-state index in [0.717, 1.165) is 16.7 Å². The average Bonchev–Trinajstić information content (AvgIpc) is 3.47. The number of aromatic nitrogens is 1. The fourth-order valence-electron chi connectivity index (χ4n) is 6.16. The van der Waals surface area contributed by atoms with Crippen molar-refractivity contribution in [2.75, 3.05) is 24.6 Å². The number of piperidine rings is 1. The van der Waals surface area contributed by atoms with E-state index < -0.39 is 29.0 Å². The minimum Gasteiger partial charge on any atom is -0.493 e. The lowest BCUT2D eigenvalue weighted by Gasteiger charge is -2.38. The third-order valence-electron chi connectivity index (χ3n) is 8.50. The first-order chi connectivity index (χ1) is 20.2. The van der Waals surface area contributed by atoms with Gasteiger partial charge in [-0.3, -0.25) is 4.98 Å². The largest absolute Gasteiger partial charge is 0.493 e. The normalized spacial score (nSPS) is 18.0. The number of rotatable bonds is 9. The second kappa shape index (κ2) is 11.5. The number of alkyl halides is 2. The second-order valence-corrected chi connectivity index (χ2v) is 12.8. The average molecular weight is 597 g/mol. The summed E-state index contributed by atoms with van der Waals surface area (Å²) in [4.78, 5) is 19.5. The van der Waals surface area contributed by atoms with E-state index in [1.165, 1.54) is 12.1 Å². The third-order valence-corrected chi connectivity index (χ3v) is 8.50. The van der Waals surface area contributed by atoms with Gasteiger partial charge < -0.3 is 19.5 Å². The summed E-state index contributed by atoms with van der Waals surface area (Å²) in [5, 5.41) is 10.3. The molecule has 1 saturated carbocycles. The highest BCUT2D eigenvalue weighted by Crippen LogP contribution is 2.66. The highest BCUT2D eigenvalue weighted by Gasteiger charge is 2.70. The quantitative estimate of drug-likeness (QED) is 0.273. The van der Waals surface area contributed by atoms with Crippen LogP contribution in [0.4, 0.5) is 18.9 Å². The Morgan fingerprint density at radius 3 is 2.16 bits per heavy atom. The standard InChI is InChI=1S/C34H39F3N2O4/c1-21-27(24-8-12-26(13-9-24)42-19-14-23-6-10-25(35)11-7-23)29(39-17-15-33(16-18-39)20-34(33,36)37)28(22(2)38-21)30(31(40)41)43-32(3,4)5/h6-13,30H,14-20H2,1-5H3,(H,40,41)/t30-/m0/s1. The number of anilines is 1. The van der Waals surface area contributed by atoms with Gasteiger partial charge in [-0.2, -0.15) is 0 Å². The van der Waals surface area contributed by atoms with E-state index >= 15 is 0 Å². The molecule has 230 valence electrons. The molecule has 0 amide bonds. The van der Waals surface area contributed by atoms with Crippen LogP contribution in [-0.4, -0.2) is 47.3 Å². The molecule has 43 heavy (non-hydrogen) atoms. The first-order valence-corrected chi connectivity index (χ1v) is 14.7. The van der Waals surface area contributed by atoms with Crippen molar-refractivity contribution in [2.45, 2.75) is 77.9 Å². The molecule has 0 radical (unpaired) electrons. The molecule has 0 unspecified atom stereocenters. The van der Waals surface area contributed by atoms with Gasteiger partial charge in [-0.05, 0) is 82.9 Å². The van der Waals surface area contributed by atoms with E-state index in [1.807, 2.05) is 36.1 Å². The number of aryl methyl sites for hydroxylation is 2. The van der Waals surface area contributed by atoms with E-state index in [2.05, 4.69) is 0 Å². The number of nitrogens with zero attached hydrogens (tertiary/aromatic N) is 2. The maximum Gasteiger partial charge on any atom is 0.337 e. The molecule has 0 bridgehead atoms. The van der Waals surface area contributed by atoms with E-state index in [4.69, 9.17) is 14.5 Å². The molecule has 1 atom stereocenters. The second-order valence-electron chi connectivity index (χ2n) is 12.8. The van der Waals surface area contributed by atoms with Crippen molar-refractivity contribution in [1.82, 2.24) is 4.98 Å². The predicted molar refractivity (Wildman–Crippen MR) is 159 cm³/mol. The number of carboxylic acid groups (broad SMARTS) is 1.